The lowest BCUT2D eigenvalue weighted by Crippen LogP contribution is -2.37. The van der Waals surface area contributed by atoms with Crippen LogP contribution < -0.4 is 15.5 Å². The summed E-state index contributed by atoms with van der Waals surface area (Å²) in [6, 6.07) is 12.3. The predicted octanol–water partition coefficient (Wildman–Crippen LogP) is 3.16. The van der Waals surface area contributed by atoms with E-state index in [-0.39, 0.29) is 6.61 Å². The summed E-state index contributed by atoms with van der Waals surface area (Å²) in [7, 11) is 0. The van der Waals surface area contributed by atoms with Crippen LogP contribution in [0.5, 0.6) is 5.75 Å². The molecule has 0 aromatic heterocycles. The van der Waals surface area contributed by atoms with Gasteiger partial charge in [0.2, 0.25) is 0 Å². The Bertz CT molecular complexity index is 825. The maximum atomic E-state index is 11.4. The van der Waals surface area contributed by atoms with Gasteiger partial charge in [-0.1, -0.05) is 41.4 Å². The number of nitrogens with zero attached hydrogens (tertiary/aromatic N) is 1. The van der Waals surface area contributed by atoms with E-state index in [1.54, 1.807) is 49.4 Å². The topological polar surface area (TPSA) is 79.8 Å². The molecule has 0 unspecified atom stereocenters. The van der Waals surface area contributed by atoms with E-state index < -0.39 is 11.8 Å². The molecule has 0 heterocycles. The minimum atomic E-state index is -0.826. The summed E-state index contributed by atoms with van der Waals surface area (Å²) in [5, 5.41) is 7.22. The number of likely N-dealkylation sites (N-methyl/N-ethyl adjacent to an activating group) is 1. The lowest BCUT2D eigenvalue weighted by molar-refractivity contribution is -0.139. The maximum Gasteiger partial charge on any atom is 0.329 e. The molecule has 0 aliphatic carbocycles. The zero-order valence-corrected chi connectivity index (χ0v) is 15.5. The number of carbonyl (C=O) groups excluding carboxylic acids is 2. The van der Waals surface area contributed by atoms with Crippen LogP contribution in [-0.4, -0.2) is 24.6 Å². The normalized spacial score (nSPS) is 10.6. The van der Waals surface area contributed by atoms with Crippen LogP contribution in [0.3, 0.4) is 0 Å². The zero-order valence-electron chi connectivity index (χ0n) is 14.0. The third kappa shape index (κ3) is 6.06. The van der Waals surface area contributed by atoms with Crippen molar-refractivity contribution in [3.63, 3.8) is 0 Å². The molecule has 6 nitrogen and oxygen atoms in total. The van der Waals surface area contributed by atoms with Gasteiger partial charge in [0.1, 0.15) is 12.4 Å². The number of hydrogen-bond acceptors (Lipinski definition) is 4. The monoisotopic (exact) mass is 393 g/mol. The molecule has 2 N–H and O–H groups in total. The molecule has 0 saturated carbocycles. The van der Waals surface area contributed by atoms with Gasteiger partial charge < -0.3 is 10.1 Å². The first kappa shape index (κ1) is 19.8. The summed E-state index contributed by atoms with van der Waals surface area (Å²) in [6.45, 7) is 2.37. The van der Waals surface area contributed by atoms with Gasteiger partial charge in [0.25, 0.3) is 0 Å². The maximum absolute atomic E-state index is 11.4. The summed E-state index contributed by atoms with van der Waals surface area (Å²) in [4.78, 5) is 22.7. The highest BCUT2D eigenvalue weighted by Crippen LogP contribution is 2.22. The molecule has 0 radical (unpaired) electrons. The Morgan fingerprint density at radius 3 is 2.69 bits per heavy atom. The second kappa shape index (κ2) is 9.79. The quantitative estimate of drug-likeness (QED) is 0.449. The first-order chi connectivity index (χ1) is 12.5. The highest BCUT2D eigenvalue weighted by molar-refractivity contribution is 6.35. The zero-order chi connectivity index (χ0) is 18.9. The van der Waals surface area contributed by atoms with Crippen LogP contribution >= 0.6 is 23.2 Å². The number of rotatable bonds is 6. The number of halogens is 2. The van der Waals surface area contributed by atoms with Gasteiger partial charge in [0, 0.05) is 22.2 Å². The highest BCUT2D eigenvalue weighted by atomic mass is 35.5. The third-order valence-corrected chi connectivity index (χ3v) is 3.78. The van der Waals surface area contributed by atoms with Crippen LogP contribution in [0.25, 0.3) is 0 Å². The Labute approximate surface area is 161 Å². The molecule has 0 spiro atoms. The Balaban J connectivity index is 1.94. The molecule has 0 fully saturated rings. The molecule has 26 heavy (non-hydrogen) atoms. The molecule has 2 aromatic rings. The summed E-state index contributed by atoms with van der Waals surface area (Å²) in [5.41, 5.74) is 3.66. The number of amides is 2. The number of hydrogen-bond donors (Lipinski definition) is 2. The van der Waals surface area contributed by atoms with Gasteiger partial charge in [-0.25, -0.2) is 5.43 Å². The van der Waals surface area contributed by atoms with Crippen molar-refractivity contribution < 1.29 is 14.3 Å². The minimum absolute atomic E-state index is 0.282. The van der Waals surface area contributed by atoms with E-state index in [0.29, 0.717) is 27.9 Å². The lowest BCUT2D eigenvalue weighted by Gasteiger charge is -2.08. The second-order valence-corrected chi connectivity index (χ2v) is 6.00. The fraction of sp³-hybridized carbons (Fsp3) is 0.167. The van der Waals surface area contributed by atoms with Crippen molar-refractivity contribution in [2.24, 2.45) is 5.10 Å². The van der Waals surface area contributed by atoms with E-state index >= 15 is 0 Å². The Morgan fingerprint density at radius 1 is 1.15 bits per heavy atom. The van der Waals surface area contributed by atoms with Gasteiger partial charge in [-0.3, -0.25) is 9.59 Å². The average Bonchev–Trinajstić information content (AvgIpc) is 2.61. The average molecular weight is 394 g/mol. The fourth-order valence-corrected chi connectivity index (χ4v) is 2.40. The van der Waals surface area contributed by atoms with Gasteiger partial charge >= 0.3 is 11.8 Å². The number of benzene rings is 2. The van der Waals surface area contributed by atoms with Crippen molar-refractivity contribution in [1.29, 1.82) is 0 Å². The Kier molecular flexibility index (Phi) is 7.44. The Hall–Kier alpha value is -2.57. The van der Waals surface area contributed by atoms with Crippen molar-refractivity contribution in [3.05, 3.63) is 63.6 Å². The standard InChI is InChI=1S/C18H17Cl2N3O3/c1-2-21-17(24)18(25)23-22-10-12-4-3-5-15(8-12)26-11-13-6-7-14(19)9-16(13)20/h3-10H,2,11H2,1H3,(H,21,24)(H,23,25)/b22-10-. The van der Waals surface area contributed by atoms with Crippen molar-refractivity contribution >= 4 is 41.2 Å². The number of nitrogens with one attached hydrogen (secondary N) is 2. The second-order valence-electron chi connectivity index (χ2n) is 5.16. The molecular formula is C18H17Cl2N3O3. The highest BCUT2D eigenvalue weighted by Gasteiger charge is 2.10. The lowest BCUT2D eigenvalue weighted by atomic mass is 10.2. The van der Waals surface area contributed by atoms with Crippen LogP contribution in [0, 0.1) is 0 Å². The van der Waals surface area contributed by atoms with Crippen molar-refractivity contribution in [2.75, 3.05) is 6.54 Å². The first-order valence-corrected chi connectivity index (χ1v) is 8.53. The summed E-state index contributed by atoms with van der Waals surface area (Å²) < 4.78 is 5.71. The molecule has 2 amide bonds. The van der Waals surface area contributed by atoms with E-state index in [2.05, 4.69) is 15.8 Å². The van der Waals surface area contributed by atoms with E-state index in [1.807, 2.05) is 0 Å². The van der Waals surface area contributed by atoms with Gasteiger partial charge in [-0.2, -0.15) is 5.10 Å². The van der Waals surface area contributed by atoms with Gasteiger partial charge in [0.15, 0.2) is 0 Å². The van der Waals surface area contributed by atoms with Crippen LogP contribution in [0.2, 0.25) is 10.0 Å². The molecule has 0 bridgehead atoms. The summed E-state index contributed by atoms with van der Waals surface area (Å²) in [6.07, 6.45) is 1.42. The summed E-state index contributed by atoms with van der Waals surface area (Å²) in [5.74, 6) is -0.954. The molecule has 0 atom stereocenters. The van der Waals surface area contributed by atoms with E-state index in [9.17, 15) is 9.59 Å². The van der Waals surface area contributed by atoms with Crippen molar-refractivity contribution in [2.45, 2.75) is 13.5 Å². The smallest absolute Gasteiger partial charge is 0.329 e. The van der Waals surface area contributed by atoms with Crippen LogP contribution in [0.15, 0.2) is 47.6 Å². The fourth-order valence-electron chi connectivity index (χ4n) is 1.94. The molecule has 0 aliphatic rings. The van der Waals surface area contributed by atoms with Crippen LogP contribution in [0.1, 0.15) is 18.1 Å². The minimum Gasteiger partial charge on any atom is -0.489 e. The molecule has 2 rings (SSSR count). The van der Waals surface area contributed by atoms with E-state index in [0.717, 1.165) is 5.56 Å². The first-order valence-electron chi connectivity index (χ1n) is 7.77. The molecule has 136 valence electrons. The Morgan fingerprint density at radius 2 is 1.96 bits per heavy atom. The molecule has 0 saturated heterocycles. The van der Waals surface area contributed by atoms with Crippen molar-refractivity contribution in [3.8, 4) is 5.75 Å². The SMILES string of the molecule is CCNC(=O)C(=O)N/N=C\c1cccc(OCc2ccc(Cl)cc2Cl)c1. The summed E-state index contributed by atoms with van der Waals surface area (Å²) >= 11 is 12.0. The van der Waals surface area contributed by atoms with Crippen molar-refractivity contribution in [1.82, 2.24) is 10.7 Å². The number of hydrazone groups is 1. The number of carbonyl (C=O) groups is 2. The predicted molar refractivity (Wildman–Crippen MR) is 102 cm³/mol. The van der Waals surface area contributed by atoms with E-state index in [1.165, 1.54) is 6.21 Å². The largest absolute Gasteiger partial charge is 0.489 e. The number of ether oxygens (including phenoxy) is 1. The molecule has 2 aromatic carbocycles. The molecule has 8 heteroatoms. The molecule has 0 aliphatic heterocycles. The van der Waals surface area contributed by atoms with Gasteiger partial charge in [-0.15, -0.1) is 0 Å². The molecular weight excluding hydrogens is 377 g/mol. The van der Waals surface area contributed by atoms with Gasteiger partial charge in [0.05, 0.1) is 6.21 Å². The van der Waals surface area contributed by atoms with Gasteiger partial charge in [-0.05, 0) is 36.8 Å². The van der Waals surface area contributed by atoms with Crippen LogP contribution in [0.4, 0.5) is 0 Å². The van der Waals surface area contributed by atoms with Crippen LogP contribution in [-0.2, 0) is 16.2 Å². The third-order valence-electron chi connectivity index (χ3n) is 3.19. The van der Waals surface area contributed by atoms with E-state index in [4.69, 9.17) is 27.9 Å².